The summed E-state index contributed by atoms with van der Waals surface area (Å²) in [6.07, 6.45) is 2.34. The molecule has 2 aromatic carbocycles. The smallest absolute Gasteiger partial charge is 0.416 e. The molecule has 1 atom stereocenters. The van der Waals surface area contributed by atoms with Crippen LogP contribution < -0.4 is 10.1 Å². The summed E-state index contributed by atoms with van der Waals surface area (Å²) >= 11 is 3.67. The van der Waals surface area contributed by atoms with Gasteiger partial charge in [0.1, 0.15) is 17.3 Å². The van der Waals surface area contributed by atoms with Gasteiger partial charge in [-0.2, -0.15) is 18.3 Å². The molecule has 1 saturated heterocycles. The lowest BCUT2D eigenvalue weighted by Crippen LogP contribution is -2.17. The average molecular weight is 717 g/mol. The summed E-state index contributed by atoms with van der Waals surface area (Å²) in [6.45, 7) is 3.36. The van der Waals surface area contributed by atoms with Crippen LogP contribution in [0.3, 0.4) is 0 Å². The maximum absolute atomic E-state index is 13.4. The molecule has 1 saturated carbocycles. The number of anilines is 2. The highest BCUT2D eigenvalue weighted by Gasteiger charge is 2.31. The summed E-state index contributed by atoms with van der Waals surface area (Å²) < 4.78 is 68.0. The van der Waals surface area contributed by atoms with E-state index in [1.807, 2.05) is 24.3 Å². The van der Waals surface area contributed by atoms with E-state index in [-0.39, 0.29) is 5.69 Å². The fourth-order valence-corrected chi connectivity index (χ4v) is 7.61. The highest BCUT2D eigenvalue weighted by Crippen LogP contribution is 2.46. The van der Waals surface area contributed by atoms with Crippen LogP contribution in [0.1, 0.15) is 55.2 Å². The molecule has 1 aliphatic heterocycles. The molecule has 3 aromatic heterocycles. The Hall–Kier alpha value is -3.42. The van der Waals surface area contributed by atoms with Crippen LogP contribution in [0.15, 0.2) is 63.6 Å². The van der Waals surface area contributed by atoms with Gasteiger partial charge in [-0.05, 0) is 104 Å². The van der Waals surface area contributed by atoms with Crippen LogP contribution >= 0.6 is 15.9 Å². The van der Waals surface area contributed by atoms with E-state index in [2.05, 4.69) is 40.9 Å². The zero-order valence-corrected chi connectivity index (χ0v) is 27.4. The van der Waals surface area contributed by atoms with Crippen molar-refractivity contribution in [1.29, 1.82) is 0 Å². The van der Waals surface area contributed by atoms with Gasteiger partial charge in [-0.15, -0.1) is 5.10 Å². The summed E-state index contributed by atoms with van der Waals surface area (Å²) in [7, 11) is -1.09. The van der Waals surface area contributed by atoms with Crippen LogP contribution in [0.4, 0.5) is 24.7 Å². The van der Waals surface area contributed by atoms with E-state index in [0.29, 0.717) is 42.1 Å². The predicted octanol–water partition coefficient (Wildman–Crippen LogP) is 8.35. The number of aromatic nitrogens is 3. The van der Waals surface area contributed by atoms with E-state index in [1.165, 1.54) is 18.9 Å². The minimum absolute atomic E-state index is 0.267. The first kappa shape index (κ1) is 31.2. The third kappa shape index (κ3) is 6.82. The van der Waals surface area contributed by atoms with Crippen molar-refractivity contribution in [2.24, 2.45) is 0 Å². The minimum Gasteiger partial charge on any atom is -0.492 e. The molecule has 0 bridgehead atoms. The van der Waals surface area contributed by atoms with Crippen LogP contribution in [0.2, 0.25) is 0 Å². The lowest BCUT2D eigenvalue weighted by atomic mass is 10.1. The normalized spacial score (nSPS) is 16.4. The SMILES string of the molecule is O=S(CCCOc1cc2c3c(Nc4cccc(C(F)(F)F)c4)nncc3n(C3CC3)c2cc1Br)Cc1ccc(CN2CCCC2)o1. The van der Waals surface area contributed by atoms with E-state index in [1.54, 1.807) is 12.3 Å². The number of likely N-dealkylation sites (tertiary alicyclic amines) is 1. The van der Waals surface area contributed by atoms with Gasteiger partial charge >= 0.3 is 6.18 Å². The van der Waals surface area contributed by atoms with E-state index in [4.69, 9.17) is 9.15 Å². The molecule has 0 amide bonds. The summed E-state index contributed by atoms with van der Waals surface area (Å²) in [5, 5.41) is 13.2. The molecule has 0 radical (unpaired) electrons. The maximum atomic E-state index is 13.4. The second-order valence-corrected chi connectivity index (χ2v) is 14.3. The van der Waals surface area contributed by atoms with Gasteiger partial charge in [0.15, 0.2) is 5.82 Å². The molecular formula is C33H33BrF3N5O3S. The molecule has 1 aliphatic carbocycles. The average Bonchev–Trinajstić information content (AvgIpc) is 3.38. The Labute approximate surface area is 274 Å². The third-order valence-corrected chi connectivity index (χ3v) is 10.4. The van der Waals surface area contributed by atoms with Gasteiger partial charge in [0.05, 0.1) is 51.6 Å². The van der Waals surface area contributed by atoms with E-state index in [9.17, 15) is 17.4 Å². The first-order chi connectivity index (χ1) is 22.2. The van der Waals surface area contributed by atoms with Crippen molar-refractivity contribution in [1.82, 2.24) is 19.7 Å². The molecule has 242 valence electrons. The summed E-state index contributed by atoms with van der Waals surface area (Å²) in [4.78, 5) is 2.37. The van der Waals surface area contributed by atoms with Gasteiger partial charge in [-0.3, -0.25) is 9.11 Å². The zero-order chi connectivity index (χ0) is 31.8. The molecule has 7 rings (SSSR count). The Bertz CT molecular complexity index is 1900. The number of nitrogens with one attached hydrogen (secondary N) is 1. The molecule has 2 fully saturated rings. The second kappa shape index (κ2) is 13.0. The Kier molecular flexibility index (Phi) is 8.81. The lowest BCUT2D eigenvalue weighted by Gasteiger charge is -2.11. The standard InChI is InChI=1S/C33H33BrF3N5O3S/c34-27-17-28-26(16-30(27)44-13-4-14-46(43)20-25-10-9-24(45-25)19-41-11-1-2-12-41)31-29(42(28)23-7-8-23)18-38-40-32(31)39-22-6-3-5-21(15-22)33(35,36)37/h3,5-6,9-10,15-18,23H,1-2,4,7-8,11-14,19-20H2,(H,39,40). The molecule has 1 N–H and O–H groups in total. The molecule has 46 heavy (non-hydrogen) atoms. The number of halogens is 4. The molecule has 0 spiro atoms. The Morgan fingerprint density at radius 1 is 1.07 bits per heavy atom. The van der Waals surface area contributed by atoms with Crippen molar-refractivity contribution in [2.45, 2.75) is 56.6 Å². The van der Waals surface area contributed by atoms with Gasteiger partial charge < -0.3 is 19.0 Å². The van der Waals surface area contributed by atoms with E-state index >= 15 is 0 Å². The number of fused-ring (bicyclic) bond motifs is 3. The molecule has 8 nitrogen and oxygen atoms in total. The first-order valence-electron chi connectivity index (χ1n) is 15.4. The number of alkyl halides is 3. The number of furan rings is 1. The Morgan fingerprint density at radius 2 is 1.87 bits per heavy atom. The Balaban J connectivity index is 1.06. The summed E-state index contributed by atoms with van der Waals surface area (Å²) in [6, 6.07) is 13.2. The monoisotopic (exact) mass is 715 g/mol. The molecule has 13 heteroatoms. The van der Waals surface area contributed by atoms with Crippen LogP contribution in [0.5, 0.6) is 5.75 Å². The van der Waals surface area contributed by atoms with Gasteiger partial charge in [0, 0.05) is 33.7 Å². The number of nitrogens with zero attached hydrogens (tertiary/aromatic N) is 4. The number of ether oxygens (including phenoxy) is 1. The second-order valence-electron chi connectivity index (χ2n) is 11.9. The fourth-order valence-electron chi connectivity index (χ4n) is 6.11. The van der Waals surface area contributed by atoms with Crippen LogP contribution in [-0.2, 0) is 29.3 Å². The number of rotatable bonds is 12. The third-order valence-electron chi connectivity index (χ3n) is 8.41. The lowest BCUT2D eigenvalue weighted by molar-refractivity contribution is -0.137. The van der Waals surface area contributed by atoms with Crippen LogP contribution in [0, 0.1) is 0 Å². The van der Waals surface area contributed by atoms with Crippen molar-refractivity contribution in [3.63, 3.8) is 0 Å². The zero-order valence-electron chi connectivity index (χ0n) is 25.0. The van der Waals surface area contributed by atoms with Gasteiger partial charge in [0.2, 0.25) is 0 Å². The highest BCUT2D eigenvalue weighted by atomic mass is 79.9. The van der Waals surface area contributed by atoms with Gasteiger partial charge in [-0.1, -0.05) is 6.07 Å². The summed E-state index contributed by atoms with van der Waals surface area (Å²) in [5.41, 5.74) is 1.33. The summed E-state index contributed by atoms with van der Waals surface area (Å²) in [5.74, 6) is 3.49. The predicted molar refractivity (Wildman–Crippen MR) is 176 cm³/mol. The number of hydrogen-bond donors (Lipinski definition) is 1. The topological polar surface area (TPSA) is 85.4 Å². The highest BCUT2D eigenvalue weighted by molar-refractivity contribution is 9.10. The van der Waals surface area contributed by atoms with Crippen molar-refractivity contribution in [3.05, 3.63) is 76.3 Å². The van der Waals surface area contributed by atoms with Crippen LogP contribution in [-0.4, -0.2) is 49.3 Å². The first-order valence-corrected chi connectivity index (χ1v) is 17.7. The Morgan fingerprint density at radius 3 is 2.65 bits per heavy atom. The van der Waals surface area contributed by atoms with E-state index < -0.39 is 22.5 Å². The molecule has 1 unspecified atom stereocenters. The van der Waals surface area contributed by atoms with Gasteiger partial charge in [-0.25, -0.2) is 0 Å². The van der Waals surface area contributed by atoms with Crippen molar-refractivity contribution in [3.8, 4) is 5.75 Å². The molecule has 5 aromatic rings. The minimum atomic E-state index is -4.46. The molecular weight excluding hydrogens is 683 g/mol. The molecule has 2 aliphatic rings. The van der Waals surface area contributed by atoms with Crippen molar-refractivity contribution >= 4 is 60.0 Å². The maximum Gasteiger partial charge on any atom is 0.416 e. The largest absolute Gasteiger partial charge is 0.492 e. The molecule has 4 heterocycles. The van der Waals surface area contributed by atoms with Crippen LogP contribution in [0.25, 0.3) is 21.8 Å². The number of benzene rings is 2. The van der Waals surface area contributed by atoms with Crippen molar-refractivity contribution in [2.75, 3.05) is 30.8 Å². The van der Waals surface area contributed by atoms with Gasteiger partial charge in [0.25, 0.3) is 0 Å². The van der Waals surface area contributed by atoms with Crippen molar-refractivity contribution < 1.29 is 26.5 Å². The fraction of sp³-hybridized carbons (Fsp3) is 0.394. The quantitative estimate of drug-likeness (QED) is 0.130. The van der Waals surface area contributed by atoms with E-state index in [0.717, 1.165) is 82.4 Å². The number of hydrogen-bond acceptors (Lipinski definition) is 7.